The number of allylic oxidation sites excluding steroid dienone is 2. The van der Waals surface area contributed by atoms with E-state index in [1.165, 1.54) is 0 Å². The van der Waals surface area contributed by atoms with Gasteiger partial charge in [-0.05, 0) is 11.0 Å². The Kier molecular flexibility index (Phi) is 4.07. The minimum atomic E-state index is -0.170. The van der Waals surface area contributed by atoms with Crippen molar-refractivity contribution in [1.29, 1.82) is 0 Å². The molecule has 1 N–H and O–H groups in total. The molecule has 0 fully saturated rings. The number of rotatable bonds is 3. The van der Waals surface area contributed by atoms with Gasteiger partial charge in [0.25, 0.3) is 0 Å². The second-order valence-electron chi connectivity index (χ2n) is 6.10. The van der Waals surface area contributed by atoms with Crippen LogP contribution < -0.4 is 0 Å². The summed E-state index contributed by atoms with van der Waals surface area (Å²) in [5, 5.41) is 10.2. The smallest absolute Gasteiger partial charge is 0.168 e. The number of nitrogens with zero attached hydrogens (tertiary/aromatic N) is 1. The Morgan fingerprint density at radius 2 is 1.90 bits per heavy atom. The van der Waals surface area contributed by atoms with Crippen LogP contribution in [-0.4, -0.2) is 23.6 Å². The summed E-state index contributed by atoms with van der Waals surface area (Å²) in [6, 6.07) is 9.88. The van der Waals surface area contributed by atoms with Crippen LogP contribution in [-0.2, 0) is 11.2 Å². The minimum Gasteiger partial charge on any atom is -0.511 e. The zero-order valence-electron chi connectivity index (χ0n) is 12.3. The third kappa shape index (κ3) is 3.16. The highest BCUT2D eigenvalue weighted by Crippen LogP contribution is 2.36. The summed E-state index contributed by atoms with van der Waals surface area (Å²) in [5.74, 6) is 0.179. The van der Waals surface area contributed by atoms with Gasteiger partial charge in [0.15, 0.2) is 5.78 Å². The molecular formula is C17H21NO2. The van der Waals surface area contributed by atoms with Gasteiger partial charge in [-0.25, -0.2) is 0 Å². The number of aliphatic imine (C=N–C) groups is 1. The van der Waals surface area contributed by atoms with E-state index < -0.39 is 0 Å². The maximum atomic E-state index is 12.3. The second kappa shape index (κ2) is 5.61. The molecule has 0 amide bonds. The molecule has 0 bridgehead atoms. The van der Waals surface area contributed by atoms with E-state index in [2.05, 4.69) is 4.99 Å². The number of aliphatic hydroxyl groups is 1. The Morgan fingerprint density at radius 1 is 1.25 bits per heavy atom. The van der Waals surface area contributed by atoms with Crippen LogP contribution in [0.1, 0.15) is 32.3 Å². The summed E-state index contributed by atoms with van der Waals surface area (Å²) in [4.78, 5) is 16.5. The molecule has 0 unspecified atom stereocenters. The van der Waals surface area contributed by atoms with Crippen LogP contribution in [0.25, 0.3) is 0 Å². The summed E-state index contributed by atoms with van der Waals surface area (Å²) >= 11 is 0. The molecule has 1 aliphatic carbocycles. The average molecular weight is 271 g/mol. The first kappa shape index (κ1) is 14.5. The highest BCUT2D eigenvalue weighted by molar-refractivity contribution is 6.23. The maximum Gasteiger partial charge on any atom is 0.168 e. The summed E-state index contributed by atoms with van der Waals surface area (Å²) in [7, 11) is 1.67. The van der Waals surface area contributed by atoms with Crippen molar-refractivity contribution in [1.82, 2.24) is 0 Å². The third-order valence-electron chi connectivity index (χ3n) is 3.63. The van der Waals surface area contributed by atoms with Gasteiger partial charge >= 0.3 is 0 Å². The SMILES string of the molecule is CN=C(Cc1ccccc1)C1=C(O)CC(C)(C)CC1=O. The van der Waals surface area contributed by atoms with Crippen molar-refractivity contribution in [3.63, 3.8) is 0 Å². The van der Waals surface area contributed by atoms with Gasteiger partial charge in [-0.2, -0.15) is 0 Å². The Labute approximate surface area is 120 Å². The fraction of sp³-hybridized carbons (Fsp3) is 0.412. The predicted octanol–water partition coefficient (Wildman–Crippen LogP) is 3.50. The van der Waals surface area contributed by atoms with E-state index in [-0.39, 0.29) is 17.0 Å². The second-order valence-corrected chi connectivity index (χ2v) is 6.10. The molecule has 0 aromatic heterocycles. The highest BCUT2D eigenvalue weighted by atomic mass is 16.3. The molecule has 0 radical (unpaired) electrons. The van der Waals surface area contributed by atoms with Gasteiger partial charge in [0.2, 0.25) is 0 Å². The van der Waals surface area contributed by atoms with E-state index in [1.807, 2.05) is 44.2 Å². The van der Waals surface area contributed by atoms with Crippen molar-refractivity contribution in [2.45, 2.75) is 33.1 Å². The van der Waals surface area contributed by atoms with Gasteiger partial charge in [-0.1, -0.05) is 44.2 Å². The summed E-state index contributed by atoms with van der Waals surface area (Å²) in [5.41, 5.74) is 2.02. The Hall–Kier alpha value is -1.90. The number of benzene rings is 1. The molecule has 3 nitrogen and oxygen atoms in total. The molecule has 0 saturated carbocycles. The number of aliphatic hydroxyl groups excluding tert-OH is 1. The lowest BCUT2D eigenvalue weighted by molar-refractivity contribution is -0.117. The Balaban J connectivity index is 2.31. The predicted molar refractivity (Wildman–Crippen MR) is 81.2 cm³/mol. The van der Waals surface area contributed by atoms with Gasteiger partial charge in [0.05, 0.1) is 11.3 Å². The zero-order valence-corrected chi connectivity index (χ0v) is 12.3. The molecule has 0 saturated heterocycles. The van der Waals surface area contributed by atoms with E-state index in [0.717, 1.165) is 5.56 Å². The minimum absolute atomic E-state index is 0.00437. The van der Waals surface area contributed by atoms with E-state index in [0.29, 0.717) is 30.5 Å². The number of hydrogen-bond donors (Lipinski definition) is 1. The highest BCUT2D eigenvalue weighted by Gasteiger charge is 2.34. The molecule has 0 spiro atoms. The molecule has 1 aromatic rings. The molecule has 20 heavy (non-hydrogen) atoms. The van der Waals surface area contributed by atoms with Crippen LogP contribution in [0.15, 0.2) is 46.7 Å². The van der Waals surface area contributed by atoms with Crippen molar-refractivity contribution >= 4 is 11.5 Å². The fourth-order valence-electron chi connectivity index (χ4n) is 2.68. The van der Waals surface area contributed by atoms with Crippen LogP contribution in [0.4, 0.5) is 0 Å². The first-order chi connectivity index (χ1) is 9.43. The number of ketones is 1. The normalized spacial score (nSPS) is 19.4. The molecule has 3 heteroatoms. The topological polar surface area (TPSA) is 49.7 Å². The van der Waals surface area contributed by atoms with Gasteiger partial charge in [0.1, 0.15) is 5.76 Å². The molecule has 106 valence electrons. The number of carbonyl (C=O) groups excluding carboxylic acids is 1. The lowest BCUT2D eigenvalue weighted by Gasteiger charge is -2.30. The van der Waals surface area contributed by atoms with Crippen molar-refractivity contribution < 1.29 is 9.90 Å². The summed E-state index contributed by atoms with van der Waals surface area (Å²) in [6.45, 7) is 4.00. The first-order valence-corrected chi connectivity index (χ1v) is 6.88. The van der Waals surface area contributed by atoms with Gasteiger partial charge in [0, 0.05) is 26.3 Å². The van der Waals surface area contributed by atoms with E-state index in [4.69, 9.17) is 0 Å². The molecule has 0 aliphatic heterocycles. The molecule has 1 aromatic carbocycles. The van der Waals surface area contributed by atoms with E-state index in [9.17, 15) is 9.90 Å². The van der Waals surface area contributed by atoms with Crippen molar-refractivity contribution in [3.05, 3.63) is 47.2 Å². The van der Waals surface area contributed by atoms with Crippen molar-refractivity contribution in [2.24, 2.45) is 10.4 Å². The van der Waals surface area contributed by atoms with Crippen molar-refractivity contribution in [3.8, 4) is 0 Å². The zero-order chi connectivity index (χ0) is 14.8. The van der Waals surface area contributed by atoms with Crippen LogP contribution >= 0.6 is 0 Å². The van der Waals surface area contributed by atoms with E-state index >= 15 is 0 Å². The summed E-state index contributed by atoms with van der Waals surface area (Å²) < 4.78 is 0. The quantitative estimate of drug-likeness (QED) is 0.855. The van der Waals surface area contributed by atoms with Crippen LogP contribution in [0.5, 0.6) is 0 Å². The molecular weight excluding hydrogens is 250 g/mol. The summed E-state index contributed by atoms with van der Waals surface area (Å²) in [6.07, 6.45) is 1.56. The lowest BCUT2D eigenvalue weighted by atomic mass is 9.75. The van der Waals surface area contributed by atoms with Crippen LogP contribution in [0, 0.1) is 5.41 Å². The van der Waals surface area contributed by atoms with Gasteiger partial charge in [-0.15, -0.1) is 0 Å². The van der Waals surface area contributed by atoms with Gasteiger partial charge < -0.3 is 5.11 Å². The average Bonchev–Trinajstić information content (AvgIpc) is 2.36. The molecule has 0 atom stereocenters. The molecule has 2 rings (SSSR count). The van der Waals surface area contributed by atoms with Crippen molar-refractivity contribution in [2.75, 3.05) is 7.05 Å². The largest absolute Gasteiger partial charge is 0.511 e. The van der Waals surface area contributed by atoms with Crippen LogP contribution in [0.3, 0.4) is 0 Å². The van der Waals surface area contributed by atoms with Gasteiger partial charge in [-0.3, -0.25) is 9.79 Å². The fourth-order valence-corrected chi connectivity index (χ4v) is 2.68. The number of hydrogen-bond acceptors (Lipinski definition) is 3. The standard InChI is InChI=1S/C17H21NO2/c1-17(2)10-14(19)16(15(20)11-17)13(18-3)9-12-7-5-4-6-8-12/h4-8,19H,9-11H2,1-3H3. The maximum absolute atomic E-state index is 12.3. The van der Waals surface area contributed by atoms with E-state index in [1.54, 1.807) is 7.05 Å². The Bertz CT molecular complexity index is 568. The molecule has 0 heterocycles. The first-order valence-electron chi connectivity index (χ1n) is 6.88. The Morgan fingerprint density at radius 3 is 2.45 bits per heavy atom. The number of carbonyl (C=O) groups is 1. The third-order valence-corrected chi connectivity index (χ3v) is 3.63. The number of Topliss-reactive ketones (excluding diaryl/α,β-unsaturated/α-hetero) is 1. The molecule has 1 aliphatic rings. The van der Waals surface area contributed by atoms with Crippen LogP contribution in [0.2, 0.25) is 0 Å². The monoisotopic (exact) mass is 271 g/mol. The lowest BCUT2D eigenvalue weighted by Crippen LogP contribution is -2.30.